The first kappa shape index (κ1) is 14.2. The molecular weight excluding hydrogens is 300 g/mol. The van der Waals surface area contributed by atoms with Gasteiger partial charge in [0.2, 0.25) is 5.71 Å². The molecule has 0 bridgehead atoms. The molecule has 1 unspecified atom stereocenters. The minimum absolute atomic E-state index is 0.147. The summed E-state index contributed by atoms with van der Waals surface area (Å²) in [4.78, 5) is 6.51. The van der Waals surface area contributed by atoms with Gasteiger partial charge in [0.05, 0.1) is 18.1 Å². The lowest BCUT2D eigenvalue weighted by Crippen LogP contribution is -2.52. The highest BCUT2D eigenvalue weighted by Crippen LogP contribution is 2.35. The summed E-state index contributed by atoms with van der Waals surface area (Å²) in [5.41, 5.74) is 0.655. The van der Waals surface area contributed by atoms with E-state index in [0.29, 0.717) is 30.5 Å². The molecule has 22 heavy (non-hydrogen) atoms. The fraction of sp³-hybridized carbons (Fsp3) is 0.562. The van der Waals surface area contributed by atoms with Crippen molar-refractivity contribution in [1.29, 1.82) is 0 Å². The molecule has 1 aliphatic heterocycles. The van der Waals surface area contributed by atoms with Crippen LogP contribution in [0.1, 0.15) is 25.0 Å². The number of hydrogen-bond donors (Lipinski definition) is 0. The van der Waals surface area contributed by atoms with Gasteiger partial charge in [0.1, 0.15) is 5.76 Å². The largest absolute Gasteiger partial charge is 0.441 e. The van der Waals surface area contributed by atoms with Crippen molar-refractivity contribution in [2.45, 2.75) is 31.8 Å². The van der Waals surface area contributed by atoms with Crippen LogP contribution < -0.4 is 0 Å². The van der Waals surface area contributed by atoms with E-state index in [4.69, 9.17) is 4.42 Å². The van der Waals surface area contributed by atoms with E-state index in [2.05, 4.69) is 9.88 Å². The zero-order valence-electron chi connectivity index (χ0n) is 12.4. The molecule has 6 heteroatoms. The molecule has 1 saturated carbocycles. The predicted octanol–water partition coefficient (Wildman–Crippen LogP) is 2.23. The van der Waals surface area contributed by atoms with Gasteiger partial charge in [-0.05, 0) is 37.0 Å². The second-order valence-corrected chi connectivity index (χ2v) is 8.68. The molecule has 2 aromatic heterocycles. The molecule has 1 saturated heterocycles. The molecule has 0 spiro atoms. The lowest BCUT2D eigenvalue weighted by molar-refractivity contribution is 0.0973. The normalized spacial score (nSPS) is 26.1. The topological polar surface area (TPSA) is 63.4 Å². The maximum Gasteiger partial charge on any atom is 0.226 e. The molecular formula is C16H20N2O3S. The van der Waals surface area contributed by atoms with E-state index in [0.717, 1.165) is 24.0 Å². The average Bonchev–Trinajstić information content (AvgIpc) is 2.82. The summed E-state index contributed by atoms with van der Waals surface area (Å²) in [6.07, 6.45) is 5.25. The summed E-state index contributed by atoms with van der Waals surface area (Å²) >= 11 is 0. The van der Waals surface area contributed by atoms with Gasteiger partial charge < -0.3 is 4.42 Å². The van der Waals surface area contributed by atoms with Gasteiger partial charge in [0.15, 0.2) is 9.84 Å². The smallest absolute Gasteiger partial charge is 0.226 e. The zero-order valence-corrected chi connectivity index (χ0v) is 13.3. The highest BCUT2D eigenvalue weighted by Gasteiger charge is 2.38. The number of rotatable bonds is 3. The first-order chi connectivity index (χ1) is 10.6. The molecule has 1 atom stereocenters. The number of pyridine rings is 1. The summed E-state index contributed by atoms with van der Waals surface area (Å²) in [6.45, 7) is 1.28. The Bertz CT molecular complexity index is 747. The molecule has 3 heterocycles. The van der Waals surface area contributed by atoms with Crippen LogP contribution in [0.15, 0.2) is 28.8 Å². The second-order valence-electron chi connectivity index (χ2n) is 6.45. The van der Waals surface area contributed by atoms with Gasteiger partial charge in [-0.1, -0.05) is 6.42 Å². The van der Waals surface area contributed by atoms with Gasteiger partial charge in [0, 0.05) is 24.2 Å². The molecule has 2 aliphatic rings. The van der Waals surface area contributed by atoms with Crippen molar-refractivity contribution >= 4 is 20.9 Å². The monoisotopic (exact) mass is 320 g/mol. The van der Waals surface area contributed by atoms with E-state index in [1.165, 1.54) is 6.42 Å². The molecule has 2 fully saturated rings. The molecule has 0 N–H and O–H groups in total. The van der Waals surface area contributed by atoms with Gasteiger partial charge in [-0.25, -0.2) is 13.4 Å². The van der Waals surface area contributed by atoms with E-state index < -0.39 is 9.84 Å². The van der Waals surface area contributed by atoms with Crippen LogP contribution in [0, 0.1) is 5.92 Å². The fourth-order valence-electron chi connectivity index (χ4n) is 3.53. The van der Waals surface area contributed by atoms with Crippen molar-refractivity contribution in [3.63, 3.8) is 0 Å². The molecule has 2 aromatic rings. The van der Waals surface area contributed by atoms with Gasteiger partial charge >= 0.3 is 0 Å². The summed E-state index contributed by atoms with van der Waals surface area (Å²) in [5, 5.41) is 1.00. The van der Waals surface area contributed by atoms with Crippen LogP contribution in [0.2, 0.25) is 0 Å². The van der Waals surface area contributed by atoms with Crippen molar-refractivity contribution in [3.8, 4) is 0 Å². The molecule has 0 amide bonds. The number of furan rings is 1. The Labute approximate surface area is 130 Å². The third-order valence-electron chi connectivity index (χ3n) is 4.98. The van der Waals surface area contributed by atoms with E-state index >= 15 is 0 Å². The number of fused-ring (bicyclic) bond motifs is 1. The summed E-state index contributed by atoms with van der Waals surface area (Å²) in [7, 11) is -2.89. The standard InChI is InChI=1S/C16H20N2O3S/c19-22(20)8-7-18(15(11-22)12-3-1-4-12)10-14-9-13-5-2-6-17-16(13)21-14/h2,5-6,9,12,15H,1,3-4,7-8,10-11H2. The quantitative estimate of drug-likeness (QED) is 0.868. The first-order valence-corrected chi connectivity index (χ1v) is 9.71. The van der Waals surface area contributed by atoms with Crippen molar-refractivity contribution in [3.05, 3.63) is 30.2 Å². The molecule has 0 radical (unpaired) electrons. The number of hydrogen-bond acceptors (Lipinski definition) is 5. The molecule has 0 aromatic carbocycles. The zero-order chi connectivity index (χ0) is 15.2. The summed E-state index contributed by atoms with van der Waals surface area (Å²) in [6, 6.07) is 6.04. The lowest BCUT2D eigenvalue weighted by atomic mass is 9.79. The van der Waals surface area contributed by atoms with Crippen molar-refractivity contribution in [2.75, 3.05) is 18.1 Å². The summed E-state index contributed by atoms with van der Waals surface area (Å²) < 4.78 is 29.8. The third-order valence-corrected chi connectivity index (χ3v) is 6.63. The maximum absolute atomic E-state index is 12.0. The molecule has 118 valence electrons. The third kappa shape index (κ3) is 2.65. The van der Waals surface area contributed by atoms with Crippen LogP contribution in [0.4, 0.5) is 0 Å². The van der Waals surface area contributed by atoms with E-state index in [1.54, 1.807) is 6.20 Å². The molecule has 4 rings (SSSR count). The van der Waals surface area contributed by atoms with E-state index in [1.807, 2.05) is 18.2 Å². The first-order valence-electron chi connectivity index (χ1n) is 7.89. The number of nitrogens with zero attached hydrogens (tertiary/aromatic N) is 2. The average molecular weight is 320 g/mol. The van der Waals surface area contributed by atoms with Gasteiger partial charge in [-0.15, -0.1) is 0 Å². The predicted molar refractivity (Wildman–Crippen MR) is 84.2 cm³/mol. The second kappa shape index (κ2) is 5.35. The SMILES string of the molecule is O=S1(=O)CCN(Cc2cc3cccnc3o2)C(C2CCC2)C1. The Balaban J connectivity index is 1.57. The minimum Gasteiger partial charge on any atom is -0.441 e. The van der Waals surface area contributed by atoms with Crippen molar-refractivity contribution < 1.29 is 12.8 Å². The number of aromatic nitrogens is 1. The van der Waals surface area contributed by atoms with Crippen molar-refractivity contribution in [1.82, 2.24) is 9.88 Å². The highest BCUT2D eigenvalue weighted by atomic mass is 32.2. The number of sulfone groups is 1. The van der Waals surface area contributed by atoms with Crippen molar-refractivity contribution in [2.24, 2.45) is 5.92 Å². The fourth-order valence-corrected chi connectivity index (χ4v) is 5.21. The van der Waals surface area contributed by atoms with Gasteiger partial charge in [-0.3, -0.25) is 4.90 Å². The Hall–Kier alpha value is -1.40. The Morgan fingerprint density at radius 2 is 2.23 bits per heavy atom. The minimum atomic E-state index is -2.89. The van der Waals surface area contributed by atoms with Gasteiger partial charge in [-0.2, -0.15) is 0 Å². The Morgan fingerprint density at radius 1 is 1.36 bits per heavy atom. The Kier molecular flexibility index (Phi) is 3.46. The van der Waals surface area contributed by atoms with Crippen LogP contribution >= 0.6 is 0 Å². The van der Waals surface area contributed by atoms with E-state index in [-0.39, 0.29) is 11.8 Å². The van der Waals surface area contributed by atoms with Crippen LogP contribution in [0.3, 0.4) is 0 Å². The molecule has 1 aliphatic carbocycles. The van der Waals surface area contributed by atoms with E-state index in [9.17, 15) is 8.42 Å². The van der Waals surface area contributed by atoms with Gasteiger partial charge in [0.25, 0.3) is 0 Å². The lowest BCUT2D eigenvalue weighted by Gasteiger charge is -2.43. The van der Waals surface area contributed by atoms with Crippen LogP contribution in [-0.2, 0) is 16.4 Å². The summed E-state index contributed by atoms with van der Waals surface area (Å²) in [5.74, 6) is 1.96. The van der Waals surface area contributed by atoms with Crippen LogP contribution in [0.5, 0.6) is 0 Å². The van der Waals surface area contributed by atoms with Crippen LogP contribution in [0.25, 0.3) is 11.1 Å². The highest BCUT2D eigenvalue weighted by molar-refractivity contribution is 7.91. The maximum atomic E-state index is 12.0. The Morgan fingerprint density at radius 3 is 2.95 bits per heavy atom. The van der Waals surface area contributed by atoms with Crippen LogP contribution in [-0.4, -0.2) is 42.4 Å². The molecule has 5 nitrogen and oxygen atoms in total.